The zero-order valence-electron chi connectivity index (χ0n) is 15.2. The van der Waals surface area contributed by atoms with Crippen molar-refractivity contribution in [2.75, 3.05) is 13.1 Å². The van der Waals surface area contributed by atoms with Crippen molar-refractivity contribution in [3.63, 3.8) is 0 Å². The van der Waals surface area contributed by atoms with Gasteiger partial charge in [0.15, 0.2) is 0 Å². The highest BCUT2D eigenvalue weighted by atomic mass is 15.1. The van der Waals surface area contributed by atoms with Gasteiger partial charge in [0.05, 0.1) is 6.07 Å². The van der Waals surface area contributed by atoms with Crippen LogP contribution in [0.25, 0.3) is 10.9 Å². The van der Waals surface area contributed by atoms with Crippen molar-refractivity contribution in [2.45, 2.75) is 57.8 Å². The molecule has 2 aromatic rings. The Morgan fingerprint density at radius 3 is 2.96 bits per heavy atom. The highest BCUT2D eigenvalue weighted by Gasteiger charge is 2.40. The molecule has 0 saturated heterocycles. The smallest absolute Gasteiger partial charge is 0.203 e. The summed E-state index contributed by atoms with van der Waals surface area (Å²) >= 11 is 0. The summed E-state index contributed by atoms with van der Waals surface area (Å²) in [5.74, 6) is 1.16. The van der Waals surface area contributed by atoms with E-state index in [0.29, 0.717) is 18.3 Å². The lowest BCUT2D eigenvalue weighted by Crippen LogP contribution is -2.40. The molecule has 2 unspecified atom stereocenters. The second kappa shape index (κ2) is 7.04. The maximum absolute atomic E-state index is 9.10. The molecule has 0 radical (unpaired) electrons. The average Bonchev–Trinajstić information content (AvgIpc) is 3.04. The van der Waals surface area contributed by atoms with Gasteiger partial charge in [0, 0.05) is 41.1 Å². The summed E-state index contributed by atoms with van der Waals surface area (Å²) in [7, 11) is 0. The number of benzene rings is 1. The van der Waals surface area contributed by atoms with Crippen molar-refractivity contribution in [2.24, 2.45) is 5.92 Å². The van der Waals surface area contributed by atoms with Gasteiger partial charge < -0.3 is 4.98 Å². The van der Waals surface area contributed by atoms with Crippen LogP contribution < -0.4 is 0 Å². The van der Waals surface area contributed by atoms with Gasteiger partial charge in [0.25, 0.3) is 0 Å². The number of H-pyrrole nitrogens is 1. The lowest BCUT2D eigenvalue weighted by atomic mass is 9.80. The van der Waals surface area contributed by atoms with Gasteiger partial charge in [-0.25, -0.2) is 4.58 Å². The van der Waals surface area contributed by atoms with E-state index in [2.05, 4.69) is 46.8 Å². The molecule has 130 valence electrons. The lowest BCUT2D eigenvalue weighted by molar-refractivity contribution is -0.539. The first-order valence-electron chi connectivity index (χ1n) is 9.93. The number of fused-ring (bicyclic) bond motifs is 4. The minimum absolute atomic E-state index is 0.472. The standard InChI is InChI=1S/C22H27N3/c1-2-3-8-16-10-7-14-25-15-17(9-6-13-23)20-18-11-4-5-12-19(18)24-21(20)22(16)25/h4-5,11-12,16-17H,2-3,6-10,14-15H2,1H3/p+1. The predicted octanol–water partition coefficient (Wildman–Crippen LogP) is 4.97. The summed E-state index contributed by atoms with van der Waals surface area (Å²) in [5.41, 5.74) is 5.69. The van der Waals surface area contributed by atoms with Crippen LogP contribution in [0.15, 0.2) is 24.3 Å². The molecule has 2 aliphatic heterocycles. The molecule has 4 rings (SSSR count). The van der Waals surface area contributed by atoms with Crippen LogP contribution in [0.2, 0.25) is 0 Å². The molecule has 25 heavy (non-hydrogen) atoms. The maximum Gasteiger partial charge on any atom is 0.203 e. The highest BCUT2D eigenvalue weighted by molar-refractivity contribution is 6.05. The number of nitrogens with zero attached hydrogens (tertiary/aromatic N) is 2. The summed E-state index contributed by atoms with van der Waals surface area (Å²) < 4.78 is 2.64. The van der Waals surface area contributed by atoms with E-state index in [9.17, 15) is 0 Å². The highest BCUT2D eigenvalue weighted by Crippen LogP contribution is 2.39. The fourth-order valence-corrected chi connectivity index (χ4v) is 4.95. The first kappa shape index (κ1) is 16.4. The topological polar surface area (TPSA) is 42.6 Å². The van der Waals surface area contributed by atoms with E-state index in [0.717, 1.165) is 13.0 Å². The maximum atomic E-state index is 9.10. The Balaban J connectivity index is 1.83. The van der Waals surface area contributed by atoms with Gasteiger partial charge in [-0.05, 0) is 25.3 Å². The van der Waals surface area contributed by atoms with Crippen LogP contribution in [0.5, 0.6) is 0 Å². The summed E-state index contributed by atoms with van der Waals surface area (Å²) in [6.07, 6.45) is 8.13. The van der Waals surface area contributed by atoms with Crippen molar-refractivity contribution >= 4 is 16.6 Å². The molecule has 0 bridgehead atoms. The summed E-state index contributed by atoms with van der Waals surface area (Å²) in [6, 6.07) is 11.1. The Kier molecular flexibility index (Phi) is 4.61. The van der Waals surface area contributed by atoms with Crippen LogP contribution in [0.3, 0.4) is 0 Å². The fraction of sp³-hybridized carbons (Fsp3) is 0.545. The van der Waals surface area contributed by atoms with Crippen LogP contribution in [-0.4, -0.2) is 28.4 Å². The number of aromatic amines is 1. The number of aromatic nitrogens is 1. The Bertz CT molecular complexity index is 837. The summed E-state index contributed by atoms with van der Waals surface area (Å²) in [5, 5.41) is 10.5. The Labute approximate surface area is 150 Å². The van der Waals surface area contributed by atoms with E-state index >= 15 is 0 Å². The molecule has 1 N–H and O–H groups in total. The van der Waals surface area contributed by atoms with Gasteiger partial charge in [-0.3, -0.25) is 0 Å². The molecular weight excluding hydrogens is 306 g/mol. The molecule has 1 aromatic heterocycles. The molecule has 3 heteroatoms. The van der Waals surface area contributed by atoms with Gasteiger partial charge in [0.1, 0.15) is 18.8 Å². The number of hydrogen-bond donors (Lipinski definition) is 1. The van der Waals surface area contributed by atoms with E-state index in [4.69, 9.17) is 5.26 Å². The normalized spacial score (nSPS) is 22.6. The zero-order chi connectivity index (χ0) is 17.2. The third-order valence-electron chi connectivity index (χ3n) is 6.07. The molecule has 2 aliphatic rings. The molecular formula is C22H28N3+. The minimum atomic E-state index is 0.472. The van der Waals surface area contributed by atoms with Crippen molar-refractivity contribution < 1.29 is 4.58 Å². The van der Waals surface area contributed by atoms with Gasteiger partial charge in [-0.2, -0.15) is 5.26 Å². The SMILES string of the molecule is CCCCC1CCC[N+]2=C1c1[nH]c3ccccc3c1C(CCC#N)C2. The average molecular weight is 334 g/mol. The molecule has 0 amide bonds. The van der Waals surface area contributed by atoms with Crippen LogP contribution in [0, 0.1) is 17.2 Å². The van der Waals surface area contributed by atoms with Gasteiger partial charge in [-0.1, -0.05) is 38.0 Å². The summed E-state index contributed by atoms with van der Waals surface area (Å²) in [6.45, 7) is 4.56. The quantitative estimate of drug-likeness (QED) is 0.771. The van der Waals surface area contributed by atoms with E-state index in [1.54, 1.807) is 5.71 Å². The summed E-state index contributed by atoms with van der Waals surface area (Å²) in [4.78, 5) is 3.77. The second-order valence-corrected chi connectivity index (χ2v) is 7.67. The van der Waals surface area contributed by atoms with Crippen LogP contribution >= 0.6 is 0 Å². The van der Waals surface area contributed by atoms with Crippen LogP contribution in [0.1, 0.15) is 69.0 Å². The minimum Gasteiger partial charge on any atom is -0.350 e. The molecule has 2 atom stereocenters. The van der Waals surface area contributed by atoms with E-state index in [1.165, 1.54) is 60.8 Å². The number of rotatable bonds is 5. The number of nitrogens with one attached hydrogen (secondary N) is 1. The second-order valence-electron chi connectivity index (χ2n) is 7.67. The first-order valence-corrected chi connectivity index (χ1v) is 9.93. The molecule has 0 fully saturated rings. The van der Waals surface area contributed by atoms with Crippen molar-refractivity contribution in [1.29, 1.82) is 5.26 Å². The van der Waals surface area contributed by atoms with Gasteiger partial charge in [-0.15, -0.1) is 0 Å². The van der Waals surface area contributed by atoms with E-state index in [1.807, 2.05) is 0 Å². The van der Waals surface area contributed by atoms with Gasteiger partial charge in [0.2, 0.25) is 5.71 Å². The molecule has 0 spiro atoms. The molecule has 3 heterocycles. The van der Waals surface area contributed by atoms with Crippen molar-refractivity contribution in [3.8, 4) is 6.07 Å². The molecule has 0 saturated carbocycles. The number of nitriles is 1. The molecule has 1 aromatic carbocycles. The monoisotopic (exact) mass is 334 g/mol. The zero-order valence-corrected chi connectivity index (χ0v) is 15.2. The molecule has 0 aliphatic carbocycles. The van der Waals surface area contributed by atoms with Gasteiger partial charge >= 0.3 is 0 Å². The van der Waals surface area contributed by atoms with E-state index in [-0.39, 0.29) is 0 Å². The Morgan fingerprint density at radius 1 is 1.24 bits per heavy atom. The lowest BCUT2D eigenvalue weighted by Gasteiger charge is -2.30. The molecule has 3 nitrogen and oxygen atoms in total. The fourth-order valence-electron chi connectivity index (χ4n) is 4.95. The van der Waals surface area contributed by atoms with Crippen LogP contribution in [0.4, 0.5) is 0 Å². The number of hydrogen-bond acceptors (Lipinski definition) is 1. The number of para-hydroxylation sites is 1. The number of unbranched alkanes of at least 4 members (excludes halogenated alkanes) is 1. The Morgan fingerprint density at radius 2 is 2.12 bits per heavy atom. The van der Waals surface area contributed by atoms with E-state index < -0.39 is 0 Å². The predicted molar refractivity (Wildman–Crippen MR) is 102 cm³/mol. The first-order chi connectivity index (χ1) is 12.3. The Hall–Kier alpha value is -2.08. The van der Waals surface area contributed by atoms with Crippen molar-refractivity contribution in [3.05, 3.63) is 35.5 Å². The van der Waals surface area contributed by atoms with Crippen molar-refractivity contribution in [1.82, 2.24) is 4.98 Å². The largest absolute Gasteiger partial charge is 0.350 e. The third kappa shape index (κ3) is 2.88. The van der Waals surface area contributed by atoms with Crippen LogP contribution in [-0.2, 0) is 0 Å². The third-order valence-corrected chi connectivity index (χ3v) is 6.07.